The van der Waals surface area contributed by atoms with Crippen molar-refractivity contribution in [2.75, 3.05) is 4.72 Å². The zero-order valence-electron chi connectivity index (χ0n) is 10.4. The van der Waals surface area contributed by atoms with Gasteiger partial charge < -0.3 is 10.5 Å². The number of hydrogen-bond acceptors (Lipinski definition) is 3. The summed E-state index contributed by atoms with van der Waals surface area (Å²) in [5.74, 6) is 0. The maximum atomic E-state index is 5.80. The van der Waals surface area contributed by atoms with Gasteiger partial charge >= 0.3 is 0 Å². The van der Waals surface area contributed by atoms with Gasteiger partial charge in [0.2, 0.25) is 0 Å². The molecule has 0 fully saturated rings. The van der Waals surface area contributed by atoms with Crippen LogP contribution in [-0.2, 0) is 0 Å². The molecule has 0 atom stereocenters. The molecule has 0 unspecified atom stereocenters. The first-order chi connectivity index (χ1) is 7.56. The van der Waals surface area contributed by atoms with Crippen LogP contribution in [0.4, 0.5) is 5.69 Å². The van der Waals surface area contributed by atoms with E-state index in [1.165, 1.54) is 16.0 Å². The van der Waals surface area contributed by atoms with Crippen LogP contribution in [0.25, 0.3) is 0 Å². The van der Waals surface area contributed by atoms with Crippen LogP contribution in [0.2, 0.25) is 0 Å². The van der Waals surface area contributed by atoms with Crippen molar-refractivity contribution in [2.45, 2.75) is 34.1 Å². The molecule has 0 saturated heterocycles. The van der Waals surface area contributed by atoms with Gasteiger partial charge in [0.1, 0.15) is 0 Å². The van der Waals surface area contributed by atoms with Crippen LogP contribution in [0.5, 0.6) is 0 Å². The van der Waals surface area contributed by atoms with Gasteiger partial charge in [-0.15, -0.1) is 0 Å². The van der Waals surface area contributed by atoms with Gasteiger partial charge in [-0.1, -0.05) is 19.1 Å². The van der Waals surface area contributed by atoms with Crippen molar-refractivity contribution >= 4 is 17.6 Å². The van der Waals surface area contributed by atoms with Crippen LogP contribution >= 0.6 is 11.9 Å². The Labute approximate surface area is 102 Å². The van der Waals surface area contributed by atoms with E-state index in [0.29, 0.717) is 0 Å². The lowest BCUT2D eigenvalue weighted by atomic mass is 10.1. The monoisotopic (exact) mass is 236 g/mol. The Hall–Kier alpha value is -1.09. The topological polar surface area (TPSA) is 38.0 Å². The third kappa shape index (κ3) is 3.20. The fraction of sp³-hybridized carbons (Fsp3) is 0.385. The summed E-state index contributed by atoms with van der Waals surface area (Å²) < 4.78 is 3.36. The molecule has 0 spiro atoms. The van der Waals surface area contributed by atoms with E-state index in [2.05, 4.69) is 43.7 Å². The van der Waals surface area contributed by atoms with Gasteiger partial charge in [0.25, 0.3) is 0 Å². The number of nitrogens with one attached hydrogen (secondary N) is 1. The second-order valence-corrected chi connectivity index (χ2v) is 4.81. The van der Waals surface area contributed by atoms with E-state index in [-0.39, 0.29) is 0 Å². The summed E-state index contributed by atoms with van der Waals surface area (Å²) in [6.45, 7) is 8.30. The molecule has 0 amide bonds. The molecular weight excluding hydrogens is 216 g/mol. The summed E-state index contributed by atoms with van der Waals surface area (Å²) in [5, 5.41) is 0. The van der Waals surface area contributed by atoms with Gasteiger partial charge in [0, 0.05) is 16.3 Å². The van der Waals surface area contributed by atoms with Gasteiger partial charge in [-0.05, 0) is 56.3 Å². The molecule has 0 radical (unpaired) electrons. The molecule has 0 heterocycles. The van der Waals surface area contributed by atoms with Crippen molar-refractivity contribution in [3.63, 3.8) is 0 Å². The van der Waals surface area contributed by atoms with E-state index in [9.17, 15) is 0 Å². The van der Waals surface area contributed by atoms with Crippen molar-refractivity contribution in [3.05, 3.63) is 39.9 Å². The maximum Gasteiger partial charge on any atom is 0.0475 e. The highest BCUT2D eigenvalue weighted by molar-refractivity contribution is 8.04. The van der Waals surface area contributed by atoms with Crippen molar-refractivity contribution < 1.29 is 0 Å². The fourth-order valence-electron chi connectivity index (χ4n) is 1.41. The highest BCUT2D eigenvalue weighted by Crippen LogP contribution is 2.26. The van der Waals surface area contributed by atoms with E-state index in [0.717, 1.165) is 17.8 Å². The smallest absolute Gasteiger partial charge is 0.0475 e. The number of rotatable bonds is 4. The molecule has 0 aliphatic rings. The normalized spacial score (nSPS) is 12.2. The third-order valence-corrected chi connectivity index (χ3v) is 3.83. The lowest BCUT2D eigenvalue weighted by Crippen LogP contribution is -1.99. The Morgan fingerprint density at radius 1 is 1.38 bits per heavy atom. The molecular formula is C13H20N2S. The highest BCUT2D eigenvalue weighted by atomic mass is 32.2. The van der Waals surface area contributed by atoms with Crippen LogP contribution in [0.15, 0.2) is 28.8 Å². The molecule has 88 valence electrons. The second kappa shape index (κ2) is 5.85. The Bertz CT molecular complexity index is 393. The average molecular weight is 236 g/mol. The fourth-order valence-corrected chi connectivity index (χ4v) is 2.17. The van der Waals surface area contributed by atoms with Crippen LogP contribution < -0.4 is 10.5 Å². The maximum absolute atomic E-state index is 5.80. The molecule has 0 saturated carbocycles. The van der Waals surface area contributed by atoms with Gasteiger partial charge in [-0.3, -0.25) is 0 Å². The quantitative estimate of drug-likeness (QED) is 0.777. The van der Waals surface area contributed by atoms with Crippen molar-refractivity contribution in [1.82, 2.24) is 0 Å². The molecule has 0 aromatic heterocycles. The number of aryl methyl sites for hydroxylation is 1. The number of hydrogen-bond donors (Lipinski definition) is 2. The average Bonchev–Trinajstić information content (AvgIpc) is 2.24. The molecule has 0 aliphatic carbocycles. The van der Waals surface area contributed by atoms with Crippen molar-refractivity contribution in [1.29, 1.82) is 0 Å². The summed E-state index contributed by atoms with van der Waals surface area (Å²) in [6, 6.07) is 6.28. The lowest BCUT2D eigenvalue weighted by Gasteiger charge is -2.12. The summed E-state index contributed by atoms with van der Waals surface area (Å²) in [5.41, 5.74) is 10.5. The van der Waals surface area contributed by atoms with E-state index in [1.54, 1.807) is 11.9 Å². The SMILES string of the molecule is CC/C(SNc1cccc(C)c1C)=C(\C)N. The Balaban J connectivity index is 2.75. The summed E-state index contributed by atoms with van der Waals surface area (Å²) in [4.78, 5) is 1.20. The molecule has 1 aromatic carbocycles. The van der Waals surface area contributed by atoms with E-state index in [1.807, 2.05) is 6.92 Å². The van der Waals surface area contributed by atoms with Crippen molar-refractivity contribution in [2.24, 2.45) is 5.73 Å². The summed E-state index contributed by atoms with van der Waals surface area (Å²) in [6.07, 6.45) is 0.963. The lowest BCUT2D eigenvalue weighted by molar-refractivity contribution is 1.13. The molecule has 2 nitrogen and oxygen atoms in total. The van der Waals surface area contributed by atoms with Gasteiger partial charge in [0.15, 0.2) is 0 Å². The van der Waals surface area contributed by atoms with Crippen molar-refractivity contribution in [3.8, 4) is 0 Å². The molecule has 16 heavy (non-hydrogen) atoms. The van der Waals surface area contributed by atoms with Gasteiger partial charge in [-0.2, -0.15) is 0 Å². The molecule has 3 heteroatoms. The van der Waals surface area contributed by atoms with Crippen LogP contribution in [0, 0.1) is 13.8 Å². The van der Waals surface area contributed by atoms with Crippen LogP contribution in [-0.4, -0.2) is 0 Å². The first kappa shape index (κ1) is 13.0. The van der Waals surface area contributed by atoms with Gasteiger partial charge in [-0.25, -0.2) is 0 Å². The Morgan fingerprint density at radius 2 is 2.06 bits per heavy atom. The predicted octanol–water partition coefficient (Wildman–Crippen LogP) is 3.96. The third-order valence-electron chi connectivity index (χ3n) is 2.65. The molecule has 1 rings (SSSR count). The number of anilines is 1. The van der Waals surface area contributed by atoms with E-state index < -0.39 is 0 Å². The molecule has 0 aliphatic heterocycles. The summed E-state index contributed by atoms with van der Waals surface area (Å²) >= 11 is 1.61. The second-order valence-electron chi connectivity index (χ2n) is 3.91. The largest absolute Gasteiger partial charge is 0.402 e. The zero-order valence-corrected chi connectivity index (χ0v) is 11.2. The summed E-state index contributed by atoms with van der Waals surface area (Å²) in [7, 11) is 0. The molecule has 3 N–H and O–H groups in total. The first-order valence-electron chi connectivity index (χ1n) is 5.50. The highest BCUT2D eigenvalue weighted by Gasteiger charge is 2.03. The number of benzene rings is 1. The Kier molecular flexibility index (Phi) is 4.74. The standard InChI is InChI=1S/C13H20N2S/c1-5-13(11(4)14)16-15-12-8-6-7-9(2)10(12)3/h6-8,15H,5,14H2,1-4H3/b13-11-. The minimum atomic E-state index is 0.894. The number of allylic oxidation sites excluding steroid dienone is 2. The predicted molar refractivity (Wildman–Crippen MR) is 74.3 cm³/mol. The number of nitrogens with two attached hydrogens (primary N) is 1. The minimum Gasteiger partial charge on any atom is -0.402 e. The first-order valence-corrected chi connectivity index (χ1v) is 6.32. The van der Waals surface area contributed by atoms with E-state index in [4.69, 9.17) is 5.73 Å². The van der Waals surface area contributed by atoms with Gasteiger partial charge in [0.05, 0.1) is 0 Å². The molecule has 1 aromatic rings. The Morgan fingerprint density at radius 3 is 2.62 bits per heavy atom. The van der Waals surface area contributed by atoms with Crippen LogP contribution in [0.1, 0.15) is 31.4 Å². The minimum absolute atomic E-state index is 0.894. The molecule has 0 bridgehead atoms. The van der Waals surface area contributed by atoms with E-state index >= 15 is 0 Å². The van der Waals surface area contributed by atoms with Crippen LogP contribution in [0.3, 0.4) is 0 Å². The zero-order chi connectivity index (χ0) is 12.1.